The molecule has 2 atom stereocenters. The number of methoxy groups -OCH3 is 2. The second-order valence-electron chi connectivity index (χ2n) is 3.93. The molecular weight excluding hydrogens is 176 g/mol. The molecule has 0 aromatic heterocycles. The molecule has 14 heavy (non-hydrogen) atoms. The SMILES string of the molecule is COc1ccc(C2CC2C)c(OC)c1. The Bertz CT molecular complexity index is 333. The Morgan fingerprint density at radius 1 is 1.21 bits per heavy atom. The van der Waals surface area contributed by atoms with Crippen molar-refractivity contribution in [2.75, 3.05) is 14.2 Å². The van der Waals surface area contributed by atoms with Crippen LogP contribution in [-0.2, 0) is 0 Å². The van der Waals surface area contributed by atoms with Crippen molar-refractivity contribution in [1.82, 2.24) is 0 Å². The van der Waals surface area contributed by atoms with Gasteiger partial charge in [-0.05, 0) is 29.9 Å². The summed E-state index contributed by atoms with van der Waals surface area (Å²) < 4.78 is 10.5. The van der Waals surface area contributed by atoms with E-state index in [1.165, 1.54) is 12.0 Å². The molecule has 0 amide bonds. The van der Waals surface area contributed by atoms with Crippen molar-refractivity contribution in [3.05, 3.63) is 23.8 Å². The maximum absolute atomic E-state index is 5.36. The minimum absolute atomic E-state index is 0.691. The van der Waals surface area contributed by atoms with E-state index in [2.05, 4.69) is 13.0 Å². The van der Waals surface area contributed by atoms with Gasteiger partial charge >= 0.3 is 0 Å². The van der Waals surface area contributed by atoms with Crippen molar-refractivity contribution in [3.63, 3.8) is 0 Å². The van der Waals surface area contributed by atoms with Crippen molar-refractivity contribution < 1.29 is 9.47 Å². The van der Waals surface area contributed by atoms with Crippen LogP contribution in [0.5, 0.6) is 11.5 Å². The van der Waals surface area contributed by atoms with Gasteiger partial charge in [-0.3, -0.25) is 0 Å². The molecule has 0 heterocycles. The van der Waals surface area contributed by atoms with Crippen LogP contribution in [0.3, 0.4) is 0 Å². The third-order valence-corrected chi connectivity index (χ3v) is 2.95. The Kier molecular flexibility index (Phi) is 2.36. The molecule has 0 bridgehead atoms. The van der Waals surface area contributed by atoms with Crippen LogP contribution in [0, 0.1) is 5.92 Å². The van der Waals surface area contributed by atoms with Gasteiger partial charge in [-0.1, -0.05) is 13.0 Å². The maximum Gasteiger partial charge on any atom is 0.126 e. The van der Waals surface area contributed by atoms with Gasteiger partial charge in [0.05, 0.1) is 14.2 Å². The van der Waals surface area contributed by atoms with E-state index in [-0.39, 0.29) is 0 Å². The van der Waals surface area contributed by atoms with Crippen LogP contribution in [0.2, 0.25) is 0 Å². The summed E-state index contributed by atoms with van der Waals surface area (Å²) in [5, 5.41) is 0. The van der Waals surface area contributed by atoms with Crippen LogP contribution in [0.1, 0.15) is 24.8 Å². The molecule has 0 N–H and O–H groups in total. The zero-order chi connectivity index (χ0) is 10.1. The fraction of sp³-hybridized carbons (Fsp3) is 0.500. The molecule has 0 radical (unpaired) electrons. The topological polar surface area (TPSA) is 18.5 Å². The zero-order valence-corrected chi connectivity index (χ0v) is 8.91. The first-order valence-corrected chi connectivity index (χ1v) is 4.98. The zero-order valence-electron chi connectivity index (χ0n) is 8.91. The first-order valence-electron chi connectivity index (χ1n) is 4.98. The van der Waals surface area contributed by atoms with Crippen LogP contribution in [0.4, 0.5) is 0 Å². The summed E-state index contributed by atoms with van der Waals surface area (Å²) in [7, 11) is 3.39. The Labute approximate surface area is 84.8 Å². The smallest absolute Gasteiger partial charge is 0.126 e. The number of ether oxygens (including phenoxy) is 2. The quantitative estimate of drug-likeness (QED) is 0.733. The lowest BCUT2D eigenvalue weighted by atomic mass is 10.1. The first kappa shape index (κ1) is 9.38. The highest BCUT2D eigenvalue weighted by Crippen LogP contribution is 2.50. The molecule has 1 fully saturated rings. The number of rotatable bonds is 3. The third kappa shape index (κ3) is 1.57. The van der Waals surface area contributed by atoms with Crippen LogP contribution in [0.25, 0.3) is 0 Å². The van der Waals surface area contributed by atoms with E-state index in [9.17, 15) is 0 Å². The van der Waals surface area contributed by atoms with Gasteiger partial charge in [0.25, 0.3) is 0 Å². The Balaban J connectivity index is 2.30. The van der Waals surface area contributed by atoms with Gasteiger partial charge in [0.2, 0.25) is 0 Å². The molecule has 0 aliphatic heterocycles. The van der Waals surface area contributed by atoms with Gasteiger partial charge < -0.3 is 9.47 Å². The maximum atomic E-state index is 5.36. The van der Waals surface area contributed by atoms with Crippen LogP contribution >= 0.6 is 0 Å². The van der Waals surface area contributed by atoms with E-state index in [1.807, 2.05) is 12.1 Å². The first-order chi connectivity index (χ1) is 6.76. The third-order valence-electron chi connectivity index (χ3n) is 2.95. The van der Waals surface area contributed by atoms with Gasteiger partial charge in [-0.25, -0.2) is 0 Å². The van der Waals surface area contributed by atoms with Gasteiger partial charge in [-0.2, -0.15) is 0 Å². The lowest BCUT2D eigenvalue weighted by molar-refractivity contribution is 0.391. The van der Waals surface area contributed by atoms with E-state index in [0.717, 1.165) is 17.4 Å². The molecule has 0 spiro atoms. The lowest BCUT2D eigenvalue weighted by Gasteiger charge is -2.09. The second-order valence-corrected chi connectivity index (χ2v) is 3.93. The Hall–Kier alpha value is -1.18. The summed E-state index contributed by atoms with van der Waals surface area (Å²) in [6.45, 7) is 2.27. The van der Waals surface area contributed by atoms with Crippen molar-refractivity contribution in [3.8, 4) is 11.5 Å². The predicted molar refractivity (Wildman–Crippen MR) is 56.1 cm³/mol. The van der Waals surface area contributed by atoms with E-state index >= 15 is 0 Å². The van der Waals surface area contributed by atoms with Crippen molar-refractivity contribution in [1.29, 1.82) is 0 Å². The van der Waals surface area contributed by atoms with Gasteiger partial charge in [0, 0.05) is 6.07 Å². The second kappa shape index (κ2) is 3.52. The van der Waals surface area contributed by atoms with E-state index in [1.54, 1.807) is 14.2 Å². The van der Waals surface area contributed by atoms with Crippen LogP contribution in [-0.4, -0.2) is 14.2 Å². The summed E-state index contributed by atoms with van der Waals surface area (Å²) in [6, 6.07) is 6.08. The molecule has 2 heteroatoms. The molecule has 2 rings (SSSR count). The number of hydrogen-bond donors (Lipinski definition) is 0. The average molecular weight is 192 g/mol. The summed E-state index contributed by atoms with van der Waals surface area (Å²) >= 11 is 0. The Morgan fingerprint density at radius 3 is 2.43 bits per heavy atom. The highest BCUT2D eigenvalue weighted by atomic mass is 16.5. The van der Waals surface area contributed by atoms with Crippen molar-refractivity contribution in [2.24, 2.45) is 5.92 Å². The van der Waals surface area contributed by atoms with E-state index in [0.29, 0.717) is 5.92 Å². The van der Waals surface area contributed by atoms with Gasteiger partial charge in [0.1, 0.15) is 11.5 Å². The summed E-state index contributed by atoms with van der Waals surface area (Å²) in [6.07, 6.45) is 1.28. The number of benzene rings is 1. The number of hydrogen-bond acceptors (Lipinski definition) is 2. The lowest BCUT2D eigenvalue weighted by Crippen LogP contribution is -1.92. The molecule has 1 aromatic rings. The van der Waals surface area contributed by atoms with Crippen molar-refractivity contribution in [2.45, 2.75) is 19.3 Å². The van der Waals surface area contributed by atoms with Crippen LogP contribution < -0.4 is 9.47 Å². The molecule has 2 unspecified atom stereocenters. The molecule has 76 valence electrons. The van der Waals surface area contributed by atoms with Crippen molar-refractivity contribution >= 4 is 0 Å². The highest BCUT2D eigenvalue weighted by Gasteiger charge is 2.35. The largest absolute Gasteiger partial charge is 0.497 e. The molecule has 1 saturated carbocycles. The minimum Gasteiger partial charge on any atom is -0.497 e. The summed E-state index contributed by atoms with van der Waals surface area (Å²) in [5.74, 6) is 3.31. The molecule has 1 aliphatic carbocycles. The fourth-order valence-corrected chi connectivity index (χ4v) is 1.88. The van der Waals surface area contributed by atoms with Gasteiger partial charge in [-0.15, -0.1) is 0 Å². The molecule has 1 aliphatic rings. The predicted octanol–water partition coefficient (Wildman–Crippen LogP) is 2.83. The average Bonchev–Trinajstić information content (AvgIpc) is 2.94. The molecule has 0 saturated heterocycles. The monoisotopic (exact) mass is 192 g/mol. The Morgan fingerprint density at radius 2 is 1.93 bits per heavy atom. The highest BCUT2D eigenvalue weighted by molar-refractivity contribution is 5.44. The fourth-order valence-electron chi connectivity index (χ4n) is 1.88. The van der Waals surface area contributed by atoms with Crippen LogP contribution in [0.15, 0.2) is 18.2 Å². The molecule has 1 aromatic carbocycles. The summed E-state index contributed by atoms with van der Waals surface area (Å²) in [5.41, 5.74) is 1.32. The minimum atomic E-state index is 0.691. The molecular formula is C12H16O2. The van der Waals surface area contributed by atoms with E-state index < -0.39 is 0 Å². The van der Waals surface area contributed by atoms with Gasteiger partial charge in [0.15, 0.2) is 0 Å². The van der Waals surface area contributed by atoms with E-state index in [4.69, 9.17) is 9.47 Å². The molecule has 2 nitrogen and oxygen atoms in total. The standard InChI is InChI=1S/C12H16O2/c1-8-6-11(8)10-5-4-9(13-2)7-12(10)14-3/h4-5,7-8,11H,6H2,1-3H3. The normalized spacial score (nSPS) is 24.5. The summed E-state index contributed by atoms with van der Waals surface area (Å²) in [4.78, 5) is 0.